The number of hydrogen-bond donors (Lipinski definition) is 0. The number of nitrogens with zero attached hydrogens (tertiary/aromatic N) is 1. The van der Waals surface area contributed by atoms with Crippen molar-refractivity contribution in [3.05, 3.63) is 152 Å². The molecule has 3 heteroatoms. The van der Waals surface area contributed by atoms with Crippen LogP contribution in [0.1, 0.15) is 0 Å². The van der Waals surface area contributed by atoms with Crippen LogP contribution in [0.4, 0.5) is 4.39 Å². The minimum absolute atomic E-state index is 0.221. The average Bonchev–Trinajstić information content (AvgIpc) is 3.44. The number of hydrogen-bond acceptors (Lipinski definition) is 2. The molecule has 2 aromatic heterocycles. The zero-order valence-electron chi connectivity index (χ0n) is 22.6. The van der Waals surface area contributed by atoms with E-state index in [2.05, 4.69) is 114 Å². The SMILES string of the molecule is Fc1ccc(-c2ccc(-c3ccc4cc(-c5ccc(-c6cccc7c6oc6ncccc67)cc5)ccc4c3)cc2)cc1. The summed E-state index contributed by atoms with van der Waals surface area (Å²) in [5.74, 6) is -0.221. The van der Waals surface area contributed by atoms with Gasteiger partial charge in [-0.3, -0.25) is 0 Å². The lowest BCUT2D eigenvalue weighted by Crippen LogP contribution is -1.84. The van der Waals surface area contributed by atoms with Crippen LogP contribution in [0.2, 0.25) is 0 Å². The lowest BCUT2D eigenvalue weighted by Gasteiger charge is -2.09. The summed E-state index contributed by atoms with van der Waals surface area (Å²) in [4.78, 5) is 4.39. The van der Waals surface area contributed by atoms with E-state index in [1.165, 1.54) is 39.6 Å². The second-order valence-electron chi connectivity index (χ2n) is 10.6. The maximum atomic E-state index is 13.3. The third-order valence-electron chi connectivity index (χ3n) is 8.04. The first-order valence-electron chi connectivity index (χ1n) is 14.0. The van der Waals surface area contributed by atoms with Crippen molar-refractivity contribution in [3.8, 4) is 44.5 Å². The highest BCUT2D eigenvalue weighted by molar-refractivity contribution is 6.08. The molecule has 0 spiro atoms. The van der Waals surface area contributed by atoms with Gasteiger partial charge >= 0.3 is 0 Å². The Bertz CT molecular complexity index is 2230. The Morgan fingerprint density at radius 1 is 0.452 bits per heavy atom. The summed E-state index contributed by atoms with van der Waals surface area (Å²) in [6.07, 6.45) is 1.76. The quantitative estimate of drug-likeness (QED) is 0.221. The van der Waals surface area contributed by atoms with Gasteiger partial charge < -0.3 is 4.42 Å². The van der Waals surface area contributed by atoms with Crippen LogP contribution in [0.5, 0.6) is 0 Å². The van der Waals surface area contributed by atoms with Crippen molar-refractivity contribution in [1.29, 1.82) is 0 Å². The second-order valence-corrected chi connectivity index (χ2v) is 10.6. The Morgan fingerprint density at radius 2 is 0.952 bits per heavy atom. The Morgan fingerprint density at radius 3 is 1.57 bits per heavy atom. The highest BCUT2D eigenvalue weighted by Crippen LogP contribution is 2.36. The van der Waals surface area contributed by atoms with E-state index in [1.807, 2.05) is 18.2 Å². The number of pyridine rings is 1. The molecular formula is C39H24FNO. The molecule has 6 aromatic carbocycles. The predicted molar refractivity (Wildman–Crippen MR) is 171 cm³/mol. The molecule has 42 heavy (non-hydrogen) atoms. The summed E-state index contributed by atoms with van der Waals surface area (Å²) in [5.41, 5.74) is 10.4. The number of furan rings is 1. The second kappa shape index (κ2) is 9.83. The van der Waals surface area contributed by atoms with E-state index in [9.17, 15) is 4.39 Å². The first-order chi connectivity index (χ1) is 20.7. The third kappa shape index (κ3) is 4.23. The zero-order valence-corrected chi connectivity index (χ0v) is 22.6. The van der Waals surface area contributed by atoms with Crippen LogP contribution in [-0.4, -0.2) is 4.98 Å². The van der Waals surface area contributed by atoms with Crippen LogP contribution in [0.25, 0.3) is 77.3 Å². The Balaban J connectivity index is 1.07. The molecule has 0 amide bonds. The van der Waals surface area contributed by atoms with Crippen molar-refractivity contribution in [2.24, 2.45) is 0 Å². The van der Waals surface area contributed by atoms with Crippen molar-refractivity contribution in [2.45, 2.75) is 0 Å². The predicted octanol–water partition coefficient (Wildman–Crippen LogP) is 10.9. The van der Waals surface area contributed by atoms with Crippen molar-refractivity contribution in [3.63, 3.8) is 0 Å². The van der Waals surface area contributed by atoms with E-state index in [-0.39, 0.29) is 5.82 Å². The van der Waals surface area contributed by atoms with Gasteiger partial charge in [0, 0.05) is 22.5 Å². The van der Waals surface area contributed by atoms with Gasteiger partial charge in [0.2, 0.25) is 5.71 Å². The number of para-hydroxylation sites is 1. The third-order valence-corrected chi connectivity index (χ3v) is 8.04. The Labute approximate surface area is 242 Å². The van der Waals surface area contributed by atoms with Gasteiger partial charge in [-0.1, -0.05) is 103 Å². The minimum Gasteiger partial charge on any atom is -0.437 e. The van der Waals surface area contributed by atoms with Crippen molar-refractivity contribution >= 4 is 32.8 Å². The standard InChI is InChI=1S/C39H24FNO/c40-34-20-18-26(19-21-34)25-6-8-27(9-7-25)30-14-16-33-24-31(15-17-32(33)23-30)28-10-12-29(13-11-28)35-3-1-4-36-37-5-2-22-41-39(37)42-38(35)36/h1-24H. The molecule has 0 unspecified atom stereocenters. The highest BCUT2D eigenvalue weighted by atomic mass is 19.1. The molecule has 0 aliphatic rings. The van der Waals surface area contributed by atoms with E-state index in [0.717, 1.165) is 44.2 Å². The lowest BCUT2D eigenvalue weighted by atomic mass is 9.95. The van der Waals surface area contributed by atoms with Crippen LogP contribution < -0.4 is 0 Å². The summed E-state index contributed by atoms with van der Waals surface area (Å²) in [7, 11) is 0. The summed E-state index contributed by atoms with van der Waals surface area (Å²) >= 11 is 0. The normalized spacial score (nSPS) is 11.5. The molecule has 8 aromatic rings. The van der Waals surface area contributed by atoms with Crippen molar-refractivity contribution in [1.82, 2.24) is 4.98 Å². The molecule has 0 N–H and O–H groups in total. The van der Waals surface area contributed by atoms with Gasteiger partial charge in [-0.2, -0.15) is 0 Å². The number of aromatic nitrogens is 1. The Hall–Kier alpha value is -5.54. The van der Waals surface area contributed by atoms with E-state index in [4.69, 9.17) is 4.42 Å². The fourth-order valence-corrected chi connectivity index (χ4v) is 5.80. The zero-order chi connectivity index (χ0) is 28.0. The summed E-state index contributed by atoms with van der Waals surface area (Å²) < 4.78 is 19.4. The summed E-state index contributed by atoms with van der Waals surface area (Å²) in [6.45, 7) is 0. The molecule has 0 aliphatic heterocycles. The number of halogens is 1. The maximum Gasteiger partial charge on any atom is 0.227 e. The molecule has 198 valence electrons. The monoisotopic (exact) mass is 541 g/mol. The maximum absolute atomic E-state index is 13.3. The largest absolute Gasteiger partial charge is 0.437 e. The topological polar surface area (TPSA) is 26.0 Å². The average molecular weight is 542 g/mol. The lowest BCUT2D eigenvalue weighted by molar-refractivity contribution is 0.628. The number of rotatable bonds is 4. The molecule has 0 bridgehead atoms. The molecule has 0 saturated carbocycles. The van der Waals surface area contributed by atoms with Gasteiger partial charge in [0.25, 0.3) is 0 Å². The van der Waals surface area contributed by atoms with E-state index in [0.29, 0.717) is 5.71 Å². The molecule has 2 heterocycles. The fraction of sp³-hybridized carbons (Fsp3) is 0. The van der Waals surface area contributed by atoms with E-state index < -0.39 is 0 Å². The highest BCUT2D eigenvalue weighted by Gasteiger charge is 2.13. The van der Waals surface area contributed by atoms with E-state index in [1.54, 1.807) is 6.20 Å². The van der Waals surface area contributed by atoms with Crippen molar-refractivity contribution in [2.75, 3.05) is 0 Å². The van der Waals surface area contributed by atoms with Crippen LogP contribution in [0, 0.1) is 5.82 Å². The first-order valence-corrected chi connectivity index (χ1v) is 14.0. The van der Waals surface area contributed by atoms with Gasteiger partial charge in [-0.05, 0) is 86.1 Å². The number of benzene rings is 6. The summed E-state index contributed by atoms with van der Waals surface area (Å²) in [5, 5.41) is 4.51. The van der Waals surface area contributed by atoms with Crippen LogP contribution in [-0.2, 0) is 0 Å². The van der Waals surface area contributed by atoms with Gasteiger partial charge in [-0.15, -0.1) is 0 Å². The molecule has 8 rings (SSSR count). The molecule has 0 atom stereocenters. The van der Waals surface area contributed by atoms with Gasteiger partial charge in [0.15, 0.2) is 0 Å². The first kappa shape index (κ1) is 24.3. The molecular weight excluding hydrogens is 517 g/mol. The van der Waals surface area contributed by atoms with Crippen LogP contribution in [0.15, 0.2) is 150 Å². The molecule has 2 nitrogen and oxygen atoms in total. The molecule has 0 radical (unpaired) electrons. The number of fused-ring (bicyclic) bond motifs is 4. The fourth-order valence-electron chi connectivity index (χ4n) is 5.80. The van der Waals surface area contributed by atoms with Gasteiger partial charge in [-0.25, -0.2) is 9.37 Å². The van der Waals surface area contributed by atoms with Gasteiger partial charge in [0.05, 0.1) is 0 Å². The smallest absolute Gasteiger partial charge is 0.227 e. The molecule has 0 fully saturated rings. The summed E-state index contributed by atoms with van der Waals surface area (Å²) in [6, 6.07) is 47.2. The molecule has 0 saturated heterocycles. The van der Waals surface area contributed by atoms with Crippen LogP contribution in [0.3, 0.4) is 0 Å². The Kier molecular flexibility index (Phi) is 5.68. The van der Waals surface area contributed by atoms with E-state index >= 15 is 0 Å². The molecule has 0 aliphatic carbocycles. The van der Waals surface area contributed by atoms with Gasteiger partial charge in [0.1, 0.15) is 11.4 Å². The minimum atomic E-state index is -0.221. The van der Waals surface area contributed by atoms with Crippen molar-refractivity contribution < 1.29 is 8.81 Å². The van der Waals surface area contributed by atoms with Crippen LogP contribution >= 0.6 is 0 Å².